The number of nitrogens with one attached hydrogen (secondary N) is 2. The van der Waals surface area contributed by atoms with Crippen LogP contribution < -0.4 is 15.7 Å². The molecule has 3 rings (SSSR count). The van der Waals surface area contributed by atoms with Gasteiger partial charge < -0.3 is 10.2 Å². The van der Waals surface area contributed by atoms with Gasteiger partial charge in [0.25, 0.3) is 5.91 Å². The molecular formula is C23H30N6O3. The summed E-state index contributed by atoms with van der Waals surface area (Å²) in [7, 11) is 0. The zero-order chi connectivity index (χ0) is 22.8. The van der Waals surface area contributed by atoms with Crippen molar-refractivity contribution in [1.82, 2.24) is 25.7 Å². The number of hydrogen-bond donors (Lipinski definition) is 3. The number of rotatable bonds is 9. The Kier molecular flexibility index (Phi) is 8.70. The van der Waals surface area contributed by atoms with Crippen LogP contribution in [-0.4, -0.2) is 70.7 Å². The van der Waals surface area contributed by atoms with E-state index in [-0.39, 0.29) is 17.5 Å². The molecular weight excluding hydrogens is 408 g/mol. The molecule has 3 N–H and O–H groups in total. The van der Waals surface area contributed by atoms with Gasteiger partial charge in [0.15, 0.2) is 0 Å². The van der Waals surface area contributed by atoms with Crippen molar-refractivity contribution in [3.05, 3.63) is 59.9 Å². The number of hydroxylamine groups is 1. The molecule has 170 valence electrons. The lowest BCUT2D eigenvalue weighted by molar-refractivity contribution is -0.121. The Labute approximate surface area is 188 Å². The van der Waals surface area contributed by atoms with Crippen molar-refractivity contribution in [1.29, 1.82) is 0 Å². The largest absolute Gasteiger partial charge is 0.349 e. The predicted octanol–water partition coefficient (Wildman–Crippen LogP) is 1.72. The van der Waals surface area contributed by atoms with Gasteiger partial charge in [-0.1, -0.05) is 49.4 Å². The molecule has 0 aliphatic carbocycles. The summed E-state index contributed by atoms with van der Waals surface area (Å²) in [5, 5.41) is 11.8. The van der Waals surface area contributed by atoms with Gasteiger partial charge in [-0.25, -0.2) is 15.4 Å². The third-order valence-electron chi connectivity index (χ3n) is 5.26. The molecule has 2 heterocycles. The molecule has 1 saturated heterocycles. The van der Waals surface area contributed by atoms with Gasteiger partial charge >= 0.3 is 0 Å². The first-order valence-corrected chi connectivity index (χ1v) is 10.9. The van der Waals surface area contributed by atoms with E-state index in [9.17, 15) is 9.59 Å². The van der Waals surface area contributed by atoms with E-state index in [4.69, 9.17) is 5.21 Å². The molecule has 1 aromatic carbocycles. The average Bonchev–Trinajstić information content (AvgIpc) is 2.83. The maximum Gasteiger partial charge on any atom is 0.277 e. The fourth-order valence-electron chi connectivity index (χ4n) is 3.53. The fourth-order valence-corrected chi connectivity index (χ4v) is 3.53. The number of amides is 2. The number of carbonyl (C=O) groups excluding carboxylic acids is 2. The summed E-state index contributed by atoms with van der Waals surface area (Å²) in [4.78, 5) is 36.5. The molecule has 1 fully saturated rings. The van der Waals surface area contributed by atoms with E-state index in [0.717, 1.165) is 44.7 Å². The maximum atomic E-state index is 12.2. The number of aromatic nitrogens is 2. The van der Waals surface area contributed by atoms with Gasteiger partial charge in [-0.2, -0.15) is 0 Å². The van der Waals surface area contributed by atoms with Crippen LogP contribution in [0.3, 0.4) is 0 Å². The number of carbonyl (C=O) groups is 2. The van der Waals surface area contributed by atoms with Crippen molar-refractivity contribution < 1.29 is 14.8 Å². The summed E-state index contributed by atoms with van der Waals surface area (Å²) in [5.74, 6) is -0.0220. The van der Waals surface area contributed by atoms with Gasteiger partial charge in [0, 0.05) is 51.5 Å². The fraction of sp³-hybridized carbons (Fsp3) is 0.391. The van der Waals surface area contributed by atoms with Gasteiger partial charge in [0.2, 0.25) is 11.9 Å². The first-order valence-electron chi connectivity index (χ1n) is 10.9. The highest BCUT2D eigenvalue weighted by Gasteiger charge is 2.22. The Morgan fingerprint density at radius 3 is 2.44 bits per heavy atom. The summed E-state index contributed by atoms with van der Waals surface area (Å²) < 4.78 is 0. The summed E-state index contributed by atoms with van der Waals surface area (Å²) in [5.41, 5.74) is 2.87. The molecule has 0 saturated carbocycles. The van der Waals surface area contributed by atoms with Gasteiger partial charge in [-0.15, -0.1) is 0 Å². The topological polar surface area (TPSA) is 111 Å². The standard InChI is InChI=1S/C23H30N6O3/c1-2-6-21(30)26-20(10-9-18-7-4-3-5-8-18)17-28-11-13-29(14-12-28)23-24-15-19(16-25-23)22(31)27-32/h3-5,7-10,15-16,20,32H,2,6,11-14,17H2,1H3,(H,26,30)(H,27,31)/b10-9+. The van der Waals surface area contributed by atoms with E-state index in [1.54, 1.807) is 5.48 Å². The first kappa shape index (κ1) is 23.4. The van der Waals surface area contributed by atoms with Crippen LogP contribution in [0.15, 0.2) is 48.8 Å². The third-order valence-corrected chi connectivity index (χ3v) is 5.26. The Morgan fingerprint density at radius 1 is 1.12 bits per heavy atom. The molecule has 9 heteroatoms. The van der Waals surface area contributed by atoms with Gasteiger partial charge in [-0.3, -0.25) is 19.7 Å². The molecule has 1 atom stereocenters. The minimum atomic E-state index is -0.638. The van der Waals surface area contributed by atoms with E-state index >= 15 is 0 Å². The quantitative estimate of drug-likeness (QED) is 0.404. The minimum Gasteiger partial charge on any atom is -0.349 e. The molecule has 0 bridgehead atoms. The Hall–Kier alpha value is -3.30. The van der Waals surface area contributed by atoms with Crippen LogP contribution in [0, 0.1) is 0 Å². The second kappa shape index (κ2) is 11.9. The Balaban J connectivity index is 1.57. The second-order valence-corrected chi connectivity index (χ2v) is 7.69. The van der Waals surface area contributed by atoms with Crippen LogP contribution in [0.4, 0.5) is 5.95 Å². The van der Waals surface area contributed by atoms with E-state index in [1.165, 1.54) is 12.4 Å². The first-order chi connectivity index (χ1) is 15.6. The van der Waals surface area contributed by atoms with Crippen molar-refractivity contribution in [3.63, 3.8) is 0 Å². The van der Waals surface area contributed by atoms with Gasteiger partial charge in [0.1, 0.15) is 0 Å². The Bertz CT molecular complexity index is 896. The SMILES string of the molecule is CCCC(=O)NC(/C=C/c1ccccc1)CN1CCN(c2ncc(C(=O)NO)cn2)CC1. The van der Waals surface area contributed by atoms with Crippen LogP contribution in [0.5, 0.6) is 0 Å². The van der Waals surface area contributed by atoms with Crippen LogP contribution >= 0.6 is 0 Å². The average molecular weight is 439 g/mol. The number of anilines is 1. The van der Waals surface area contributed by atoms with E-state index in [0.29, 0.717) is 12.4 Å². The molecule has 1 aromatic heterocycles. The van der Waals surface area contributed by atoms with Gasteiger partial charge in [0.05, 0.1) is 11.6 Å². The monoisotopic (exact) mass is 438 g/mol. The second-order valence-electron chi connectivity index (χ2n) is 7.69. The number of benzene rings is 1. The highest BCUT2D eigenvalue weighted by atomic mass is 16.5. The molecule has 2 aromatic rings. The van der Waals surface area contributed by atoms with E-state index < -0.39 is 5.91 Å². The smallest absolute Gasteiger partial charge is 0.277 e. The highest BCUT2D eigenvalue weighted by molar-refractivity contribution is 5.92. The number of hydrogen-bond acceptors (Lipinski definition) is 7. The summed E-state index contributed by atoms with van der Waals surface area (Å²) in [6.07, 6.45) is 8.24. The van der Waals surface area contributed by atoms with Crippen molar-refractivity contribution in [3.8, 4) is 0 Å². The molecule has 0 spiro atoms. The lowest BCUT2D eigenvalue weighted by Crippen LogP contribution is -2.51. The lowest BCUT2D eigenvalue weighted by Gasteiger charge is -2.36. The van der Waals surface area contributed by atoms with E-state index in [2.05, 4.69) is 31.2 Å². The molecule has 0 radical (unpaired) electrons. The molecule has 1 aliphatic rings. The predicted molar refractivity (Wildman–Crippen MR) is 122 cm³/mol. The molecule has 1 aliphatic heterocycles. The highest BCUT2D eigenvalue weighted by Crippen LogP contribution is 2.12. The number of nitrogens with zero attached hydrogens (tertiary/aromatic N) is 4. The molecule has 9 nitrogen and oxygen atoms in total. The summed E-state index contributed by atoms with van der Waals surface area (Å²) in [6, 6.07) is 9.97. The zero-order valence-corrected chi connectivity index (χ0v) is 18.3. The minimum absolute atomic E-state index is 0.0641. The van der Waals surface area contributed by atoms with E-state index in [1.807, 2.05) is 43.3 Å². The maximum absolute atomic E-state index is 12.2. The molecule has 32 heavy (non-hydrogen) atoms. The van der Waals surface area contributed by atoms with Crippen LogP contribution in [-0.2, 0) is 4.79 Å². The Morgan fingerprint density at radius 2 is 1.81 bits per heavy atom. The van der Waals surface area contributed by atoms with Crippen molar-refractivity contribution in [2.45, 2.75) is 25.8 Å². The van der Waals surface area contributed by atoms with Crippen molar-refractivity contribution >= 4 is 23.8 Å². The van der Waals surface area contributed by atoms with Crippen molar-refractivity contribution in [2.75, 3.05) is 37.6 Å². The third kappa shape index (κ3) is 6.86. The van der Waals surface area contributed by atoms with Crippen LogP contribution in [0.1, 0.15) is 35.7 Å². The summed E-state index contributed by atoms with van der Waals surface area (Å²) >= 11 is 0. The lowest BCUT2D eigenvalue weighted by atomic mass is 10.1. The van der Waals surface area contributed by atoms with Crippen molar-refractivity contribution in [2.24, 2.45) is 0 Å². The molecule has 2 amide bonds. The zero-order valence-electron chi connectivity index (χ0n) is 18.3. The van der Waals surface area contributed by atoms with Gasteiger partial charge in [-0.05, 0) is 12.0 Å². The van der Waals surface area contributed by atoms with Crippen LogP contribution in [0.25, 0.3) is 6.08 Å². The summed E-state index contributed by atoms with van der Waals surface area (Å²) in [6.45, 7) is 5.82. The molecule has 1 unspecified atom stereocenters. The van der Waals surface area contributed by atoms with Crippen LogP contribution in [0.2, 0.25) is 0 Å². The number of piperazine rings is 1. The normalized spacial score (nSPS) is 15.5.